The van der Waals surface area contributed by atoms with E-state index in [1.807, 2.05) is 0 Å². The van der Waals surface area contributed by atoms with Crippen LogP contribution < -0.4 is 5.32 Å². The number of likely N-dealkylation sites (N-methyl/N-ethyl adjacent to an activating group) is 1. The number of hydrogen-bond donors (Lipinski definition) is 2. The van der Waals surface area contributed by atoms with Crippen molar-refractivity contribution in [1.29, 1.82) is 0 Å². The molecule has 0 radical (unpaired) electrons. The van der Waals surface area contributed by atoms with Gasteiger partial charge in [0.25, 0.3) is 0 Å². The Morgan fingerprint density at radius 2 is 1.89 bits per heavy atom. The Morgan fingerprint density at radius 1 is 1.28 bits per heavy atom. The molecule has 0 unspecified atom stereocenters. The molecule has 0 aliphatic rings. The van der Waals surface area contributed by atoms with E-state index < -0.39 is 18.5 Å². The fourth-order valence-corrected chi connectivity index (χ4v) is 1.04. The maximum Gasteiger partial charge on any atom is 0.323 e. The molecule has 0 bridgehead atoms. The molecule has 0 aromatic carbocycles. The molecule has 0 saturated heterocycles. The minimum absolute atomic E-state index is 0.144. The highest BCUT2D eigenvalue weighted by Crippen LogP contribution is 1.91. The van der Waals surface area contributed by atoms with E-state index in [-0.39, 0.29) is 25.6 Å². The molecule has 18 heavy (non-hydrogen) atoms. The van der Waals surface area contributed by atoms with E-state index >= 15 is 0 Å². The Morgan fingerprint density at radius 3 is 2.33 bits per heavy atom. The molecule has 0 saturated carbocycles. The number of nitrogens with zero attached hydrogens (tertiary/aromatic N) is 2. The van der Waals surface area contributed by atoms with Gasteiger partial charge in [0.05, 0.1) is 13.2 Å². The lowest BCUT2D eigenvalue weighted by Crippen LogP contribution is -2.47. The molecule has 0 aromatic heterocycles. The first kappa shape index (κ1) is 16.2. The van der Waals surface area contributed by atoms with E-state index in [1.54, 1.807) is 14.1 Å². The number of ether oxygens (including phenoxy) is 1. The number of rotatable bonds is 7. The first-order chi connectivity index (χ1) is 8.38. The number of carbonyl (C=O) groups excluding carboxylic acids is 2. The van der Waals surface area contributed by atoms with Crippen molar-refractivity contribution in [1.82, 2.24) is 15.1 Å². The number of carboxylic acid groups (broad SMARTS) is 1. The van der Waals surface area contributed by atoms with Gasteiger partial charge < -0.3 is 25.0 Å². The van der Waals surface area contributed by atoms with Gasteiger partial charge in [-0.1, -0.05) is 0 Å². The maximum atomic E-state index is 11.6. The third-order valence-electron chi connectivity index (χ3n) is 2.07. The average Bonchev–Trinajstić information content (AvgIpc) is 2.30. The number of carbonyl (C=O) groups is 3. The maximum absolute atomic E-state index is 11.6. The standard InChI is InChI=1S/C10H19N3O5/c1-12(2)8(14)6-11-10(17)13(4-5-18-3)7-9(15)16/h4-7H2,1-3H3,(H,11,17)(H,15,16). The normalized spacial score (nSPS) is 9.72. The Kier molecular flexibility index (Phi) is 7.45. The van der Waals surface area contributed by atoms with Gasteiger partial charge >= 0.3 is 12.0 Å². The predicted molar refractivity (Wildman–Crippen MR) is 63.2 cm³/mol. The predicted octanol–water partition coefficient (Wildman–Crippen LogP) is -1.18. The van der Waals surface area contributed by atoms with E-state index in [1.165, 1.54) is 12.0 Å². The highest BCUT2D eigenvalue weighted by Gasteiger charge is 2.17. The van der Waals surface area contributed by atoms with Crippen LogP contribution in [-0.2, 0) is 14.3 Å². The molecule has 0 rings (SSSR count). The molecule has 0 aromatic rings. The SMILES string of the molecule is COCCN(CC(=O)O)C(=O)NCC(=O)N(C)C. The van der Waals surface area contributed by atoms with Gasteiger partial charge in [0, 0.05) is 27.7 Å². The summed E-state index contributed by atoms with van der Waals surface area (Å²) in [7, 11) is 4.58. The van der Waals surface area contributed by atoms with Crippen molar-refractivity contribution in [2.45, 2.75) is 0 Å². The molecule has 0 spiro atoms. The molecular formula is C10H19N3O5. The van der Waals surface area contributed by atoms with Gasteiger partial charge in [0.2, 0.25) is 5.91 Å². The van der Waals surface area contributed by atoms with E-state index in [9.17, 15) is 14.4 Å². The van der Waals surface area contributed by atoms with Crippen LogP contribution in [0.1, 0.15) is 0 Å². The van der Waals surface area contributed by atoms with Crippen LogP contribution in [0.15, 0.2) is 0 Å². The second kappa shape index (κ2) is 8.29. The Labute approximate surface area is 105 Å². The van der Waals surface area contributed by atoms with E-state index in [4.69, 9.17) is 9.84 Å². The Balaban J connectivity index is 4.27. The number of carboxylic acids is 1. The van der Waals surface area contributed by atoms with Gasteiger partial charge in [0.15, 0.2) is 0 Å². The van der Waals surface area contributed by atoms with Crippen molar-refractivity contribution in [2.75, 3.05) is 47.4 Å². The highest BCUT2D eigenvalue weighted by molar-refractivity contribution is 5.85. The number of hydrogen-bond acceptors (Lipinski definition) is 4. The minimum atomic E-state index is -1.12. The molecule has 0 fully saturated rings. The number of amides is 3. The molecule has 8 nitrogen and oxygen atoms in total. The van der Waals surface area contributed by atoms with Crippen LogP contribution in [0, 0.1) is 0 Å². The molecule has 0 heterocycles. The van der Waals surface area contributed by atoms with E-state index in [0.29, 0.717) is 0 Å². The highest BCUT2D eigenvalue weighted by atomic mass is 16.5. The summed E-state index contributed by atoms with van der Waals surface area (Å²) in [5.41, 5.74) is 0. The zero-order valence-electron chi connectivity index (χ0n) is 10.8. The second-order valence-electron chi connectivity index (χ2n) is 3.75. The van der Waals surface area contributed by atoms with Crippen LogP contribution >= 0.6 is 0 Å². The van der Waals surface area contributed by atoms with E-state index in [0.717, 1.165) is 4.90 Å². The van der Waals surface area contributed by atoms with Gasteiger partial charge in [-0.05, 0) is 0 Å². The van der Waals surface area contributed by atoms with Crippen molar-refractivity contribution in [3.63, 3.8) is 0 Å². The summed E-state index contributed by atoms with van der Waals surface area (Å²) in [5, 5.41) is 11.0. The lowest BCUT2D eigenvalue weighted by molar-refractivity contribution is -0.137. The molecule has 0 aliphatic carbocycles. The smallest absolute Gasteiger partial charge is 0.323 e. The molecule has 3 amide bonds. The van der Waals surface area contributed by atoms with Crippen LogP contribution in [0.4, 0.5) is 4.79 Å². The first-order valence-electron chi connectivity index (χ1n) is 5.32. The van der Waals surface area contributed by atoms with Crippen LogP contribution in [0.25, 0.3) is 0 Å². The third kappa shape index (κ3) is 6.69. The largest absolute Gasteiger partial charge is 0.480 e. The van der Waals surface area contributed by atoms with Crippen LogP contribution in [0.3, 0.4) is 0 Å². The number of nitrogens with one attached hydrogen (secondary N) is 1. The fourth-order valence-electron chi connectivity index (χ4n) is 1.04. The van der Waals surface area contributed by atoms with Gasteiger partial charge in [-0.3, -0.25) is 9.59 Å². The molecule has 0 atom stereocenters. The third-order valence-corrected chi connectivity index (χ3v) is 2.07. The second-order valence-corrected chi connectivity index (χ2v) is 3.75. The van der Waals surface area contributed by atoms with Gasteiger partial charge in [-0.2, -0.15) is 0 Å². The summed E-state index contributed by atoms with van der Waals surface area (Å²) in [5.74, 6) is -1.40. The van der Waals surface area contributed by atoms with Crippen molar-refractivity contribution in [2.24, 2.45) is 0 Å². The number of aliphatic carboxylic acids is 1. The summed E-state index contributed by atoms with van der Waals surface area (Å²) in [6, 6.07) is -0.607. The monoisotopic (exact) mass is 261 g/mol. The molecule has 104 valence electrons. The van der Waals surface area contributed by atoms with Crippen molar-refractivity contribution in [3.05, 3.63) is 0 Å². The Bertz CT molecular complexity index is 306. The van der Waals surface area contributed by atoms with Gasteiger partial charge in [0.1, 0.15) is 6.54 Å². The average molecular weight is 261 g/mol. The lowest BCUT2D eigenvalue weighted by Gasteiger charge is -2.21. The molecular weight excluding hydrogens is 242 g/mol. The summed E-state index contributed by atoms with van der Waals surface area (Å²) in [6.07, 6.45) is 0. The summed E-state index contributed by atoms with van der Waals surface area (Å²) < 4.78 is 4.78. The molecule has 8 heteroatoms. The van der Waals surface area contributed by atoms with Crippen molar-refractivity contribution < 1.29 is 24.2 Å². The summed E-state index contributed by atoms with van der Waals surface area (Å²) >= 11 is 0. The van der Waals surface area contributed by atoms with Crippen LogP contribution in [0.5, 0.6) is 0 Å². The van der Waals surface area contributed by atoms with Gasteiger partial charge in [-0.15, -0.1) is 0 Å². The first-order valence-corrected chi connectivity index (χ1v) is 5.32. The van der Waals surface area contributed by atoms with Crippen LogP contribution in [-0.4, -0.2) is 80.3 Å². The van der Waals surface area contributed by atoms with E-state index in [2.05, 4.69) is 5.32 Å². The lowest BCUT2D eigenvalue weighted by atomic mass is 10.5. The fraction of sp³-hybridized carbons (Fsp3) is 0.700. The minimum Gasteiger partial charge on any atom is -0.480 e. The Hall–Kier alpha value is -1.83. The topological polar surface area (TPSA) is 99.2 Å². The van der Waals surface area contributed by atoms with Gasteiger partial charge in [-0.25, -0.2) is 4.79 Å². The quantitative estimate of drug-likeness (QED) is 0.601. The van der Waals surface area contributed by atoms with Crippen molar-refractivity contribution in [3.8, 4) is 0 Å². The summed E-state index contributed by atoms with van der Waals surface area (Å²) in [4.78, 5) is 35.9. The molecule has 0 aliphatic heterocycles. The molecule has 2 N–H and O–H groups in total. The zero-order chi connectivity index (χ0) is 14.1. The zero-order valence-corrected chi connectivity index (χ0v) is 10.8. The summed E-state index contributed by atoms with van der Waals surface area (Å²) in [6.45, 7) is -0.243. The number of methoxy groups -OCH3 is 1. The van der Waals surface area contributed by atoms with Crippen LogP contribution in [0.2, 0.25) is 0 Å². The van der Waals surface area contributed by atoms with Crippen molar-refractivity contribution >= 4 is 17.9 Å². The number of urea groups is 1.